The van der Waals surface area contributed by atoms with Crippen molar-refractivity contribution in [2.24, 2.45) is 0 Å². The monoisotopic (exact) mass is 454 g/mol. The molecule has 0 spiro atoms. The van der Waals surface area contributed by atoms with Gasteiger partial charge in [0, 0.05) is 18.4 Å². The molecule has 0 aromatic carbocycles. The first-order valence-electron chi connectivity index (χ1n) is 5.25. The molecule has 1 N–H and O–H groups in total. The topological polar surface area (TPSA) is 42.7 Å². The van der Waals surface area contributed by atoms with E-state index in [2.05, 4.69) is 78.0 Å². The fraction of sp³-hybridized carbons (Fsp3) is 0.273. The molecule has 0 fully saturated rings. The Morgan fingerprint density at radius 3 is 2.82 bits per heavy atom. The van der Waals surface area contributed by atoms with Crippen LogP contribution >= 0.6 is 45.2 Å². The zero-order valence-corrected chi connectivity index (χ0v) is 13.6. The van der Waals surface area contributed by atoms with Crippen LogP contribution < -0.4 is 5.32 Å². The highest BCUT2D eigenvalue weighted by molar-refractivity contribution is 14.1. The average molecular weight is 454 g/mol. The van der Waals surface area contributed by atoms with Crippen LogP contribution in [-0.2, 0) is 6.54 Å². The maximum Gasteiger partial charge on any atom is 0.132 e. The van der Waals surface area contributed by atoms with Crippen molar-refractivity contribution in [1.29, 1.82) is 0 Å². The van der Waals surface area contributed by atoms with E-state index in [0.717, 1.165) is 31.9 Å². The number of aromatic nitrogens is 3. The SMILES string of the molecule is CCNc1ccnc(Cn2cnc(I)c2I)c1. The predicted molar refractivity (Wildman–Crippen MR) is 85.2 cm³/mol. The number of halogens is 2. The van der Waals surface area contributed by atoms with E-state index < -0.39 is 0 Å². The Bertz CT molecular complexity index is 510. The number of pyridine rings is 1. The predicted octanol–water partition coefficient (Wildman–Crippen LogP) is 2.97. The lowest BCUT2D eigenvalue weighted by molar-refractivity contribution is 0.755. The fourth-order valence-corrected chi connectivity index (χ4v) is 2.38. The van der Waals surface area contributed by atoms with Crippen molar-refractivity contribution in [3.05, 3.63) is 37.8 Å². The number of imidazole rings is 1. The second-order valence-corrected chi connectivity index (χ2v) is 5.56. The minimum Gasteiger partial charge on any atom is -0.385 e. The molecule has 0 unspecified atom stereocenters. The number of anilines is 1. The second kappa shape index (κ2) is 5.98. The summed E-state index contributed by atoms with van der Waals surface area (Å²) in [6, 6.07) is 4.06. The van der Waals surface area contributed by atoms with E-state index in [9.17, 15) is 0 Å². The Labute approximate surface area is 128 Å². The quantitative estimate of drug-likeness (QED) is 0.724. The minimum absolute atomic E-state index is 0.757. The van der Waals surface area contributed by atoms with Gasteiger partial charge in [-0.05, 0) is 64.2 Å². The van der Waals surface area contributed by atoms with Gasteiger partial charge >= 0.3 is 0 Å². The van der Waals surface area contributed by atoms with Crippen molar-refractivity contribution in [2.45, 2.75) is 13.5 Å². The maximum absolute atomic E-state index is 4.37. The van der Waals surface area contributed by atoms with Crippen molar-refractivity contribution in [1.82, 2.24) is 14.5 Å². The normalized spacial score (nSPS) is 10.5. The third-order valence-corrected chi connectivity index (χ3v) is 5.21. The van der Waals surface area contributed by atoms with Crippen molar-refractivity contribution >= 4 is 50.9 Å². The van der Waals surface area contributed by atoms with Gasteiger partial charge in [-0.15, -0.1) is 0 Å². The number of nitrogens with one attached hydrogen (secondary N) is 1. The largest absolute Gasteiger partial charge is 0.385 e. The maximum atomic E-state index is 4.37. The Morgan fingerprint density at radius 2 is 2.18 bits per heavy atom. The number of rotatable bonds is 4. The summed E-state index contributed by atoms with van der Waals surface area (Å²) >= 11 is 4.54. The molecule has 0 aliphatic carbocycles. The summed E-state index contributed by atoms with van der Waals surface area (Å²) in [5.74, 6) is 0. The van der Waals surface area contributed by atoms with Crippen LogP contribution in [0.5, 0.6) is 0 Å². The zero-order chi connectivity index (χ0) is 12.3. The van der Waals surface area contributed by atoms with Crippen molar-refractivity contribution in [3.8, 4) is 0 Å². The summed E-state index contributed by atoms with van der Waals surface area (Å²) in [5.41, 5.74) is 2.15. The molecule has 2 rings (SSSR count). The van der Waals surface area contributed by atoms with Crippen LogP contribution in [0.2, 0.25) is 0 Å². The molecule has 0 radical (unpaired) electrons. The molecule has 2 aromatic heterocycles. The van der Waals surface area contributed by atoms with Gasteiger partial charge in [0.15, 0.2) is 0 Å². The highest BCUT2D eigenvalue weighted by Crippen LogP contribution is 2.15. The smallest absolute Gasteiger partial charge is 0.132 e. The average Bonchev–Trinajstić information content (AvgIpc) is 2.62. The van der Waals surface area contributed by atoms with Crippen LogP contribution in [0, 0.1) is 7.40 Å². The van der Waals surface area contributed by atoms with Gasteiger partial charge in [-0.2, -0.15) is 0 Å². The molecule has 90 valence electrons. The first-order chi connectivity index (χ1) is 8.20. The van der Waals surface area contributed by atoms with Gasteiger partial charge in [0.25, 0.3) is 0 Å². The van der Waals surface area contributed by atoms with Crippen LogP contribution in [0.3, 0.4) is 0 Å². The first-order valence-corrected chi connectivity index (χ1v) is 7.41. The summed E-state index contributed by atoms with van der Waals surface area (Å²) in [6.07, 6.45) is 3.69. The summed E-state index contributed by atoms with van der Waals surface area (Å²) in [6.45, 7) is 3.76. The van der Waals surface area contributed by atoms with E-state index >= 15 is 0 Å². The molecule has 0 amide bonds. The zero-order valence-electron chi connectivity index (χ0n) is 9.32. The molecular formula is C11H12I2N4. The van der Waals surface area contributed by atoms with E-state index in [1.165, 1.54) is 0 Å². The molecular weight excluding hydrogens is 442 g/mol. The standard InChI is InChI=1S/C11H12I2N4/c1-2-14-8-3-4-15-9(5-8)6-17-7-16-10(12)11(17)13/h3-5,7H,2,6H2,1H3,(H,14,15). The van der Waals surface area contributed by atoms with Gasteiger partial charge in [0.2, 0.25) is 0 Å². The van der Waals surface area contributed by atoms with E-state index in [0.29, 0.717) is 0 Å². The van der Waals surface area contributed by atoms with Crippen LogP contribution in [0.15, 0.2) is 24.7 Å². The Morgan fingerprint density at radius 1 is 1.35 bits per heavy atom. The Kier molecular flexibility index (Phi) is 4.60. The third kappa shape index (κ3) is 3.30. The van der Waals surface area contributed by atoms with Crippen molar-refractivity contribution < 1.29 is 0 Å². The molecule has 0 saturated carbocycles. The van der Waals surface area contributed by atoms with Gasteiger partial charge in [0.1, 0.15) is 7.40 Å². The molecule has 0 aliphatic rings. The van der Waals surface area contributed by atoms with E-state index in [1.807, 2.05) is 18.6 Å². The first kappa shape index (κ1) is 13.1. The number of nitrogens with zero attached hydrogens (tertiary/aromatic N) is 3. The lowest BCUT2D eigenvalue weighted by Gasteiger charge is -2.07. The molecule has 0 aliphatic heterocycles. The lowest BCUT2D eigenvalue weighted by Crippen LogP contribution is -2.04. The molecule has 6 heteroatoms. The van der Waals surface area contributed by atoms with Gasteiger partial charge < -0.3 is 9.88 Å². The summed E-state index contributed by atoms with van der Waals surface area (Å²) < 4.78 is 4.28. The molecule has 0 saturated heterocycles. The lowest BCUT2D eigenvalue weighted by atomic mass is 10.3. The highest BCUT2D eigenvalue weighted by atomic mass is 127. The number of hydrogen-bond donors (Lipinski definition) is 1. The molecule has 17 heavy (non-hydrogen) atoms. The Hall–Kier alpha value is -0.380. The number of hydrogen-bond acceptors (Lipinski definition) is 3. The summed E-state index contributed by atoms with van der Waals surface area (Å²) in [5, 5.41) is 3.29. The van der Waals surface area contributed by atoms with E-state index in [4.69, 9.17) is 0 Å². The van der Waals surface area contributed by atoms with E-state index in [1.54, 1.807) is 0 Å². The van der Waals surface area contributed by atoms with Gasteiger partial charge in [-0.1, -0.05) is 0 Å². The van der Waals surface area contributed by atoms with Crippen LogP contribution in [-0.4, -0.2) is 21.1 Å². The molecule has 0 bridgehead atoms. The Balaban J connectivity index is 2.18. The molecule has 0 atom stereocenters. The van der Waals surface area contributed by atoms with Crippen LogP contribution in [0.25, 0.3) is 0 Å². The molecule has 4 nitrogen and oxygen atoms in total. The summed E-state index contributed by atoms with van der Waals surface area (Å²) in [4.78, 5) is 8.64. The van der Waals surface area contributed by atoms with Crippen LogP contribution in [0.1, 0.15) is 12.6 Å². The van der Waals surface area contributed by atoms with E-state index in [-0.39, 0.29) is 0 Å². The van der Waals surface area contributed by atoms with Crippen molar-refractivity contribution in [3.63, 3.8) is 0 Å². The van der Waals surface area contributed by atoms with Gasteiger partial charge in [-0.25, -0.2) is 4.98 Å². The highest BCUT2D eigenvalue weighted by Gasteiger charge is 2.06. The van der Waals surface area contributed by atoms with Crippen molar-refractivity contribution in [2.75, 3.05) is 11.9 Å². The molecule has 2 aromatic rings. The minimum atomic E-state index is 0.757. The fourth-order valence-electron chi connectivity index (χ4n) is 1.51. The van der Waals surface area contributed by atoms with Crippen LogP contribution in [0.4, 0.5) is 5.69 Å². The van der Waals surface area contributed by atoms with Gasteiger partial charge in [0.05, 0.1) is 18.6 Å². The van der Waals surface area contributed by atoms with Gasteiger partial charge in [-0.3, -0.25) is 4.98 Å². The third-order valence-electron chi connectivity index (χ3n) is 2.26. The second-order valence-electron chi connectivity index (χ2n) is 3.52. The summed E-state index contributed by atoms with van der Waals surface area (Å²) in [7, 11) is 0. The molecule has 2 heterocycles.